The summed E-state index contributed by atoms with van der Waals surface area (Å²) < 4.78 is 14.3. The van der Waals surface area contributed by atoms with Gasteiger partial charge in [0.25, 0.3) is 0 Å². The summed E-state index contributed by atoms with van der Waals surface area (Å²) in [5, 5.41) is 6.55. The molecule has 2 amide bonds. The van der Waals surface area contributed by atoms with Crippen LogP contribution in [-0.4, -0.2) is 54.1 Å². The average Bonchev–Trinajstić information content (AvgIpc) is 3.20. The van der Waals surface area contributed by atoms with Crippen molar-refractivity contribution in [3.63, 3.8) is 0 Å². The number of carbonyl (C=O) groups excluding carboxylic acids is 1. The summed E-state index contributed by atoms with van der Waals surface area (Å²) in [6.07, 6.45) is 3.37. The van der Waals surface area contributed by atoms with Gasteiger partial charge in [-0.3, -0.25) is 5.32 Å². The number of carbonyl (C=O) groups is 1. The molecule has 0 saturated carbocycles. The van der Waals surface area contributed by atoms with Crippen LogP contribution in [0.2, 0.25) is 5.02 Å². The average molecular weight is 491 g/mol. The molecule has 1 aliphatic rings. The van der Waals surface area contributed by atoms with Gasteiger partial charge < -0.3 is 15.1 Å². The molecule has 0 spiro atoms. The third-order valence-corrected chi connectivity index (χ3v) is 7.18. The van der Waals surface area contributed by atoms with E-state index >= 15 is 0 Å². The summed E-state index contributed by atoms with van der Waals surface area (Å²) in [5.41, 5.74) is 1.04. The van der Waals surface area contributed by atoms with Gasteiger partial charge in [-0.2, -0.15) is 0 Å². The number of fused-ring (bicyclic) bond motifs is 1. The number of benzene rings is 1. The molecule has 1 saturated heterocycles. The van der Waals surface area contributed by atoms with Crippen LogP contribution in [0.15, 0.2) is 30.3 Å². The Kier molecular flexibility index (Phi) is 7.62. The SMILES string of the molecule is CCN1CCC(CCNC(=O)Nc2nc3ccc(N(C)c4ccc(Cl)cc4F)nc3s2)CC1. The largest absolute Gasteiger partial charge is 0.338 e. The highest BCUT2D eigenvalue weighted by Gasteiger charge is 2.18. The van der Waals surface area contributed by atoms with Crippen molar-refractivity contribution in [2.75, 3.05) is 43.4 Å². The lowest BCUT2D eigenvalue weighted by Crippen LogP contribution is -2.35. The van der Waals surface area contributed by atoms with Crippen molar-refractivity contribution in [2.45, 2.75) is 26.2 Å². The van der Waals surface area contributed by atoms with Crippen molar-refractivity contribution < 1.29 is 9.18 Å². The Labute approximate surface area is 202 Å². The summed E-state index contributed by atoms with van der Waals surface area (Å²) in [7, 11) is 1.74. The molecule has 176 valence electrons. The van der Waals surface area contributed by atoms with Crippen molar-refractivity contribution >= 4 is 56.0 Å². The van der Waals surface area contributed by atoms with Crippen molar-refractivity contribution in [1.82, 2.24) is 20.2 Å². The second kappa shape index (κ2) is 10.6. The first-order valence-corrected chi connectivity index (χ1v) is 12.4. The van der Waals surface area contributed by atoms with Gasteiger partial charge in [-0.05, 0) is 75.1 Å². The van der Waals surface area contributed by atoms with E-state index in [-0.39, 0.29) is 6.03 Å². The van der Waals surface area contributed by atoms with Crippen LogP contribution in [0.5, 0.6) is 0 Å². The predicted octanol–water partition coefficient (Wildman–Crippen LogP) is 5.50. The zero-order chi connectivity index (χ0) is 23.4. The lowest BCUT2D eigenvalue weighted by atomic mass is 9.93. The number of pyridine rings is 1. The van der Waals surface area contributed by atoms with Crippen LogP contribution < -0.4 is 15.5 Å². The van der Waals surface area contributed by atoms with Crippen LogP contribution in [0.25, 0.3) is 10.3 Å². The monoisotopic (exact) mass is 490 g/mol. The minimum absolute atomic E-state index is 0.263. The third kappa shape index (κ3) is 5.90. The first-order valence-electron chi connectivity index (χ1n) is 11.2. The zero-order valence-electron chi connectivity index (χ0n) is 18.8. The molecule has 0 radical (unpaired) electrons. The second-order valence-corrected chi connectivity index (χ2v) is 9.63. The number of piperidine rings is 1. The molecule has 2 aromatic heterocycles. The first-order chi connectivity index (χ1) is 15.9. The molecule has 3 heterocycles. The van der Waals surface area contributed by atoms with E-state index in [2.05, 4.69) is 32.4 Å². The number of likely N-dealkylation sites (tertiary alicyclic amines) is 1. The van der Waals surface area contributed by atoms with Crippen LogP contribution >= 0.6 is 22.9 Å². The fraction of sp³-hybridized carbons (Fsp3) is 0.435. The van der Waals surface area contributed by atoms with Crippen molar-refractivity contribution in [2.24, 2.45) is 5.92 Å². The number of aromatic nitrogens is 2. The van der Waals surface area contributed by atoms with Gasteiger partial charge in [0.1, 0.15) is 22.0 Å². The van der Waals surface area contributed by atoms with E-state index in [0.717, 1.165) is 26.1 Å². The van der Waals surface area contributed by atoms with Crippen molar-refractivity contribution in [3.05, 3.63) is 41.2 Å². The summed E-state index contributed by atoms with van der Waals surface area (Å²) in [5.74, 6) is 0.810. The minimum Gasteiger partial charge on any atom is -0.338 e. The van der Waals surface area contributed by atoms with E-state index < -0.39 is 5.82 Å². The van der Waals surface area contributed by atoms with Gasteiger partial charge in [-0.25, -0.2) is 19.2 Å². The summed E-state index contributed by atoms with van der Waals surface area (Å²) >= 11 is 7.13. The van der Waals surface area contributed by atoms with Gasteiger partial charge in [-0.1, -0.05) is 29.9 Å². The maximum atomic E-state index is 14.3. The Morgan fingerprint density at radius 1 is 1.27 bits per heavy atom. The molecule has 7 nitrogen and oxygen atoms in total. The molecule has 2 N–H and O–H groups in total. The summed E-state index contributed by atoms with van der Waals surface area (Å²) in [6, 6.07) is 7.83. The number of rotatable bonds is 7. The van der Waals surface area contributed by atoms with E-state index in [1.807, 2.05) is 6.07 Å². The van der Waals surface area contributed by atoms with Crippen LogP contribution in [0, 0.1) is 11.7 Å². The van der Waals surface area contributed by atoms with Crippen LogP contribution in [0.1, 0.15) is 26.2 Å². The standard InChI is InChI=1S/C23H28ClFN6OS/c1-3-31-12-9-15(10-13-31)8-11-26-22(32)29-23-27-18-5-7-20(28-21(18)33-23)30(2)19-6-4-16(24)14-17(19)25/h4-7,14-15H,3,8-13H2,1-2H3,(H2,26,27,29,32). The highest BCUT2D eigenvalue weighted by Crippen LogP contribution is 2.31. The lowest BCUT2D eigenvalue weighted by molar-refractivity contribution is 0.186. The molecule has 0 unspecified atom stereocenters. The Hall–Kier alpha value is -2.49. The quantitative estimate of drug-likeness (QED) is 0.457. The van der Waals surface area contributed by atoms with Gasteiger partial charge in [0.2, 0.25) is 0 Å². The van der Waals surface area contributed by atoms with Gasteiger partial charge >= 0.3 is 6.03 Å². The number of nitrogens with zero attached hydrogens (tertiary/aromatic N) is 4. The molecule has 1 fully saturated rings. The Bertz CT molecular complexity index is 1120. The van der Waals surface area contributed by atoms with Gasteiger partial charge in [0, 0.05) is 18.6 Å². The molecule has 3 aromatic rings. The van der Waals surface area contributed by atoms with E-state index in [9.17, 15) is 9.18 Å². The number of hydrogen-bond donors (Lipinski definition) is 2. The van der Waals surface area contributed by atoms with Crippen molar-refractivity contribution in [1.29, 1.82) is 0 Å². The number of amides is 2. The number of anilines is 3. The first kappa shape index (κ1) is 23.7. The van der Waals surface area contributed by atoms with Crippen LogP contribution in [0.3, 0.4) is 0 Å². The summed E-state index contributed by atoms with van der Waals surface area (Å²) in [6.45, 7) is 6.25. The van der Waals surface area contributed by atoms with Gasteiger partial charge in [0.15, 0.2) is 5.13 Å². The number of nitrogens with one attached hydrogen (secondary N) is 2. The summed E-state index contributed by atoms with van der Waals surface area (Å²) in [4.78, 5) is 26.1. The predicted molar refractivity (Wildman–Crippen MR) is 133 cm³/mol. The smallest absolute Gasteiger partial charge is 0.321 e. The molecular weight excluding hydrogens is 463 g/mol. The molecule has 4 rings (SSSR count). The molecular formula is C23H28ClFN6OS. The highest BCUT2D eigenvalue weighted by molar-refractivity contribution is 7.22. The second-order valence-electron chi connectivity index (χ2n) is 8.21. The maximum absolute atomic E-state index is 14.3. The van der Waals surface area contributed by atoms with Gasteiger partial charge in [-0.15, -0.1) is 0 Å². The van der Waals surface area contributed by atoms with Gasteiger partial charge in [0.05, 0.1) is 5.69 Å². The molecule has 10 heteroatoms. The lowest BCUT2D eigenvalue weighted by Gasteiger charge is -2.30. The molecule has 1 aromatic carbocycles. The number of hydrogen-bond acceptors (Lipinski definition) is 6. The number of urea groups is 1. The van der Waals surface area contributed by atoms with Crippen LogP contribution in [-0.2, 0) is 0 Å². The number of thiazole rings is 1. The van der Waals surface area contributed by atoms with Crippen LogP contribution in [0.4, 0.5) is 25.8 Å². The molecule has 0 atom stereocenters. The molecule has 1 aliphatic heterocycles. The maximum Gasteiger partial charge on any atom is 0.321 e. The topological polar surface area (TPSA) is 73.4 Å². The van der Waals surface area contributed by atoms with E-state index in [0.29, 0.717) is 44.5 Å². The number of halogens is 2. The molecule has 0 bridgehead atoms. The van der Waals surface area contributed by atoms with Crippen molar-refractivity contribution in [3.8, 4) is 0 Å². The van der Waals surface area contributed by atoms with E-state index in [1.54, 1.807) is 30.1 Å². The zero-order valence-corrected chi connectivity index (χ0v) is 20.3. The molecule has 33 heavy (non-hydrogen) atoms. The Morgan fingerprint density at radius 3 is 2.79 bits per heavy atom. The Morgan fingerprint density at radius 2 is 2.06 bits per heavy atom. The fourth-order valence-electron chi connectivity index (χ4n) is 4.05. The van der Waals surface area contributed by atoms with E-state index in [4.69, 9.17) is 11.6 Å². The minimum atomic E-state index is -0.425. The third-order valence-electron chi connectivity index (χ3n) is 6.07. The Balaban J connectivity index is 1.33. The normalized spacial score (nSPS) is 15.0. The molecule has 0 aliphatic carbocycles. The fourth-order valence-corrected chi connectivity index (χ4v) is 5.03. The van der Waals surface area contributed by atoms with E-state index in [1.165, 1.54) is 30.2 Å². The highest BCUT2D eigenvalue weighted by atomic mass is 35.5.